The number of halogens is 1. The van der Waals surface area contributed by atoms with Gasteiger partial charge in [-0.1, -0.05) is 0 Å². The molecule has 0 amide bonds. The van der Waals surface area contributed by atoms with Crippen molar-refractivity contribution in [2.75, 3.05) is 13.6 Å². The fourth-order valence-electron chi connectivity index (χ4n) is 1.03. The highest BCUT2D eigenvalue weighted by Crippen LogP contribution is 2.10. The molecule has 86 valence electrons. The smallest absolute Gasteiger partial charge is 0.191 e. The maximum atomic E-state index is 4.26. The molecule has 0 atom stereocenters. The van der Waals surface area contributed by atoms with Crippen molar-refractivity contribution >= 4 is 41.3 Å². The van der Waals surface area contributed by atoms with Crippen LogP contribution < -0.4 is 10.6 Å². The topological polar surface area (TPSA) is 49.3 Å². The lowest BCUT2D eigenvalue weighted by Gasteiger charge is -2.07. The minimum Gasteiger partial charge on any atom is -0.357 e. The van der Waals surface area contributed by atoms with Gasteiger partial charge in [0.1, 0.15) is 5.01 Å². The second-order valence-corrected chi connectivity index (χ2v) is 4.14. The van der Waals surface area contributed by atoms with E-state index in [-0.39, 0.29) is 24.0 Å². The summed E-state index contributed by atoms with van der Waals surface area (Å²) in [6.45, 7) is 5.70. The van der Waals surface area contributed by atoms with E-state index < -0.39 is 0 Å². The molecule has 0 bridgehead atoms. The first-order valence-electron chi connectivity index (χ1n) is 4.62. The van der Waals surface area contributed by atoms with Gasteiger partial charge < -0.3 is 10.6 Å². The van der Waals surface area contributed by atoms with Crippen molar-refractivity contribution in [3.8, 4) is 0 Å². The van der Waals surface area contributed by atoms with Gasteiger partial charge in [-0.2, -0.15) is 0 Å². The number of thiazole rings is 1. The molecular weight excluding hydrogens is 323 g/mol. The molecule has 2 N–H and O–H groups in total. The molecule has 0 aliphatic rings. The first-order valence-corrected chi connectivity index (χ1v) is 5.43. The fraction of sp³-hybridized carbons (Fsp3) is 0.556. The van der Waals surface area contributed by atoms with Gasteiger partial charge in [-0.15, -0.1) is 35.3 Å². The van der Waals surface area contributed by atoms with Gasteiger partial charge in [0.15, 0.2) is 5.96 Å². The third kappa shape index (κ3) is 5.31. The monoisotopic (exact) mass is 340 g/mol. The zero-order valence-corrected chi connectivity index (χ0v) is 12.3. The van der Waals surface area contributed by atoms with Crippen LogP contribution in [0.5, 0.6) is 0 Å². The number of aromatic nitrogens is 1. The Morgan fingerprint density at radius 1 is 1.53 bits per heavy atom. The average Bonchev–Trinajstić information content (AvgIpc) is 2.59. The normalized spacial score (nSPS) is 10.7. The molecule has 0 fully saturated rings. The van der Waals surface area contributed by atoms with Crippen LogP contribution in [0.2, 0.25) is 0 Å². The van der Waals surface area contributed by atoms with Gasteiger partial charge in [-0.3, -0.25) is 4.99 Å². The van der Waals surface area contributed by atoms with Crippen LogP contribution in [0.25, 0.3) is 0 Å². The Kier molecular flexibility index (Phi) is 7.67. The average molecular weight is 340 g/mol. The Morgan fingerprint density at radius 2 is 2.27 bits per heavy atom. The highest BCUT2D eigenvalue weighted by molar-refractivity contribution is 14.0. The zero-order valence-electron chi connectivity index (χ0n) is 9.20. The van der Waals surface area contributed by atoms with Crippen molar-refractivity contribution in [2.45, 2.75) is 20.4 Å². The number of nitrogens with zero attached hydrogens (tertiary/aromatic N) is 2. The summed E-state index contributed by atoms with van der Waals surface area (Å²) >= 11 is 1.70. The minimum absolute atomic E-state index is 0. The summed E-state index contributed by atoms with van der Waals surface area (Å²) in [4.78, 5) is 9.56. The minimum atomic E-state index is 0. The summed E-state index contributed by atoms with van der Waals surface area (Å²) in [6.07, 6.45) is 1.89. The van der Waals surface area contributed by atoms with E-state index in [1.807, 2.05) is 13.1 Å². The van der Waals surface area contributed by atoms with Crippen molar-refractivity contribution in [1.29, 1.82) is 0 Å². The molecule has 0 aliphatic carbocycles. The molecule has 0 saturated heterocycles. The van der Waals surface area contributed by atoms with Gasteiger partial charge in [-0.05, 0) is 13.8 Å². The Labute approximate surface area is 112 Å². The number of guanidine groups is 1. The number of hydrogen-bond donors (Lipinski definition) is 2. The zero-order chi connectivity index (χ0) is 10.4. The molecule has 4 nitrogen and oxygen atoms in total. The fourth-order valence-corrected chi connectivity index (χ4v) is 1.76. The maximum Gasteiger partial charge on any atom is 0.191 e. The number of nitrogens with one attached hydrogen (secondary N) is 2. The van der Waals surface area contributed by atoms with Gasteiger partial charge in [-0.25, -0.2) is 4.98 Å². The van der Waals surface area contributed by atoms with Crippen molar-refractivity contribution in [3.05, 3.63) is 16.1 Å². The Morgan fingerprint density at radius 3 is 2.73 bits per heavy atom. The lowest BCUT2D eigenvalue weighted by atomic mass is 10.6. The number of rotatable bonds is 3. The third-order valence-corrected chi connectivity index (χ3v) is 2.56. The predicted octanol–water partition coefficient (Wildman–Crippen LogP) is 1.75. The van der Waals surface area contributed by atoms with Gasteiger partial charge in [0.2, 0.25) is 0 Å². The SMILES string of the molecule is CCNC(=NC)NCc1ncc(C)s1.I. The molecule has 15 heavy (non-hydrogen) atoms. The molecule has 1 heterocycles. The lowest BCUT2D eigenvalue weighted by molar-refractivity contribution is 0.824. The standard InChI is InChI=1S/C9H16N4S.HI/c1-4-11-9(10-3)13-6-8-12-5-7(2)14-8;/h5H,4,6H2,1-3H3,(H2,10,11,13);1H. The molecule has 0 radical (unpaired) electrons. The third-order valence-electron chi connectivity index (χ3n) is 1.64. The van der Waals surface area contributed by atoms with Crippen LogP contribution >= 0.6 is 35.3 Å². The molecule has 0 spiro atoms. The van der Waals surface area contributed by atoms with E-state index in [1.54, 1.807) is 18.4 Å². The van der Waals surface area contributed by atoms with E-state index in [2.05, 4.69) is 27.5 Å². The Hall–Kier alpha value is -0.370. The van der Waals surface area contributed by atoms with Crippen LogP contribution in [-0.4, -0.2) is 24.5 Å². The highest BCUT2D eigenvalue weighted by Gasteiger charge is 1.99. The van der Waals surface area contributed by atoms with Crippen molar-refractivity contribution in [1.82, 2.24) is 15.6 Å². The molecule has 0 aliphatic heterocycles. The summed E-state index contributed by atoms with van der Waals surface area (Å²) in [6, 6.07) is 0. The molecule has 0 unspecified atom stereocenters. The number of aryl methyl sites for hydroxylation is 1. The summed E-state index contributed by atoms with van der Waals surface area (Å²) in [5, 5.41) is 7.40. The van der Waals surface area contributed by atoms with Crippen LogP contribution in [0.3, 0.4) is 0 Å². The Bertz CT molecular complexity index is 311. The first-order chi connectivity index (χ1) is 6.76. The molecular formula is C9H17IN4S. The predicted molar refractivity (Wildman–Crippen MR) is 76.1 cm³/mol. The van der Waals surface area contributed by atoms with Gasteiger partial charge in [0, 0.05) is 24.7 Å². The van der Waals surface area contributed by atoms with Crippen LogP contribution in [0.1, 0.15) is 16.8 Å². The van der Waals surface area contributed by atoms with E-state index in [1.165, 1.54) is 4.88 Å². The van der Waals surface area contributed by atoms with Crippen LogP contribution in [-0.2, 0) is 6.54 Å². The summed E-state index contributed by atoms with van der Waals surface area (Å²) < 4.78 is 0. The van der Waals surface area contributed by atoms with Gasteiger partial charge in [0.05, 0.1) is 6.54 Å². The van der Waals surface area contributed by atoms with Crippen molar-refractivity contribution in [3.63, 3.8) is 0 Å². The van der Waals surface area contributed by atoms with Crippen molar-refractivity contribution in [2.24, 2.45) is 4.99 Å². The summed E-state index contributed by atoms with van der Waals surface area (Å²) in [5.74, 6) is 0.820. The van der Waals surface area contributed by atoms with Crippen LogP contribution in [0, 0.1) is 6.92 Å². The maximum absolute atomic E-state index is 4.26. The molecule has 1 rings (SSSR count). The number of aliphatic imine (C=N–C) groups is 1. The molecule has 6 heteroatoms. The Balaban J connectivity index is 0.00000196. The van der Waals surface area contributed by atoms with E-state index in [4.69, 9.17) is 0 Å². The molecule has 0 saturated carbocycles. The van der Waals surface area contributed by atoms with Crippen LogP contribution in [0.4, 0.5) is 0 Å². The quantitative estimate of drug-likeness (QED) is 0.501. The summed E-state index contributed by atoms with van der Waals surface area (Å²) in [7, 11) is 1.76. The van der Waals surface area contributed by atoms with E-state index in [0.29, 0.717) is 0 Å². The van der Waals surface area contributed by atoms with E-state index in [0.717, 1.165) is 24.1 Å². The highest BCUT2D eigenvalue weighted by atomic mass is 127. The number of hydrogen-bond acceptors (Lipinski definition) is 3. The molecule has 0 aromatic carbocycles. The van der Waals surface area contributed by atoms with Gasteiger partial charge >= 0.3 is 0 Å². The van der Waals surface area contributed by atoms with E-state index >= 15 is 0 Å². The largest absolute Gasteiger partial charge is 0.357 e. The van der Waals surface area contributed by atoms with Crippen LogP contribution in [0.15, 0.2) is 11.2 Å². The summed E-state index contributed by atoms with van der Waals surface area (Å²) in [5.41, 5.74) is 0. The lowest BCUT2D eigenvalue weighted by Crippen LogP contribution is -2.36. The second kappa shape index (κ2) is 7.86. The molecule has 1 aromatic rings. The van der Waals surface area contributed by atoms with Crippen molar-refractivity contribution < 1.29 is 0 Å². The molecule has 1 aromatic heterocycles. The van der Waals surface area contributed by atoms with E-state index in [9.17, 15) is 0 Å². The second-order valence-electron chi connectivity index (χ2n) is 2.82. The van der Waals surface area contributed by atoms with Gasteiger partial charge in [0.25, 0.3) is 0 Å². The first kappa shape index (κ1) is 14.6.